The molecule has 1 atom stereocenters. The molecule has 0 fully saturated rings. The molecule has 0 radical (unpaired) electrons. The smallest absolute Gasteiger partial charge is 0.241 e. The summed E-state index contributed by atoms with van der Waals surface area (Å²) in [6.45, 7) is 3.20. The maximum absolute atomic E-state index is 12.7. The van der Waals surface area contributed by atoms with Crippen LogP contribution in [0, 0.1) is 6.92 Å². The number of hydrogen-bond donors (Lipinski definition) is 3. The fourth-order valence-corrected chi connectivity index (χ4v) is 5.20. The highest BCUT2D eigenvalue weighted by Crippen LogP contribution is 2.28. The van der Waals surface area contributed by atoms with E-state index in [4.69, 9.17) is 0 Å². The van der Waals surface area contributed by atoms with Crippen molar-refractivity contribution in [3.63, 3.8) is 0 Å². The third-order valence-electron chi connectivity index (χ3n) is 4.29. The molecular weight excluding hydrogens is 408 g/mol. The van der Waals surface area contributed by atoms with Gasteiger partial charge in [-0.05, 0) is 48.4 Å². The number of benzene rings is 2. The van der Waals surface area contributed by atoms with E-state index in [1.165, 1.54) is 24.3 Å². The molecule has 3 N–H and O–H groups in total. The van der Waals surface area contributed by atoms with Gasteiger partial charge in [-0.3, -0.25) is 4.79 Å². The van der Waals surface area contributed by atoms with Crippen molar-refractivity contribution in [2.24, 2.45) is 0 Å². The monoisotopic (exact) mass is 430 g/mol. The van der Waals surface area contributed by atoms with E-state index in [-0.39, 0.29) is 17.3 Å². The highest BCUT2D eigenvalue weighted by Gasteiger charge is 2.18. The van der Waals surface area contributed by atoms with Crippen LogP contribution < -0.4 is 10.0 Å². The summed E-state index contributed by atoms with van der Waals surface area (Å²) in [7, 11) is -3.72. The van der Waals surface area contributed by atoms with Crippen LogP contribution in [0.4, 0.5) is 5.69 Å². The average Bonchev–Trinajstić information content (AvgIpc) is 3.15. The molecule has 3 aromatic rings. The van der Waals surface area contributed by atoms with Crippen LogP contribution in [0.5, 0.6) is 0 Å². The van der Waals surface area contributed by atoms with Crippen LogP contribution in [0.2, 0.25) is 0 Å². The Balaban J connectivity index is 1.70. The van der Waals surface area contributed by atoms with Gasteiger partial charge in [0, 0.05) is 28.9 Å². The summed E-state index contributed by atoms with van der Waals surface area (Å²) < 4.78 is 28.0. The number of anilines is 1. The van der Waals surface area contributed by atoms with Gasteiger partial charge in [0.25, 0.3) is 0 Å². The number of aryl methyl sites for hydroxylation is 1. The minimum absolute atomic E-state index is 0.126. The molecule has 6 nitrogen and oxygen atoms in total. The molecule has 3 rings (SSSR count). The maximum atomic E-state index is 12.7. The van der Waals surface area contributed by atoms with E-state index in [0.29, 0.717) is 11.3 Å². The van der Waals surface area contributed by atoms with Crippen molar-refractivity contribution < 1.29 is 18.3 Å². The lowest BCUT2D eigenvalue weighted by Crippen LogP contribution is -2.23. The predicted octanol–water partition coefficient (Wildman–Crippen LogP) is 3.58. The van der Waals surface area contributed by atoms with Crippen LogP contribution in [0.1, 0.15) is 33.9 Å². The van der Waals surface area contributed by atoms with E-state index in [9.17, 15) is 18.3 Å². The molecule has 1 unspecified atom stereocenters. The quantitative estimate of drug-likeness (QED) is 0.534. The highest BCUT2D eigenvalue weighted by molar-refractivity contribution is 7.89. The number of aliphatic hydroxyl groups is 1. The molecule has 29 heavy (non-hydrogen) atoms. The number of thiophene rings is 1. The molecule has 0 saturated heterocycles. The molecule has 0 aliphatic heterocycles. The maximum Gasteiger partial charge on any atom is 0.241 e. The van der Waals surface area contributed by atoms with Crippen molar-refractivity contribution in [3.05, 3.63) is 81.5 Å². The van der Waals surface area contributed by atoms with Gasteiger partial charge >= 0.3 is 0 Å². The minimum Gasteiger partial charge on any atom is -0.383 e. The number of nitrogens with one attached hydrogen (secondary N) is 2. The van der Waals surface area contributed by atoms with Crippen molar-refractivity contribution in [1.82, 2.24) is 4.72 Å². The first-order valence-corrected chi connectivity index (χ1v) is 11.3. The van der Waals surface area contributed by atoms with Crippen molar-refractivity contribution in [2.45, 2.75) is 31.4 Å². The molecule has 1 heterocycles. The molecule has 8 heteroatoms. The van der Waals surface area contributed by atoms with Crippen molar-refractivity contribution >= 4 is 33.0 Å². The first-order valence-electron chi connectivity index (χ1n) is 8.96. The summed E-state index contributed by atoms with van der Waals surface area (Å²) in [6, 6.07) is 17.6. The summed E-state index contributed by atoms with van der Waals surface area (Å²) in [6.07, 6.45) is -0.741. The fourth-order valence-electron chi connectivity index (χ4n) is 2.91. The van der Waals surface area contributed by atoms with Crippen LogP contribution >= 0.6 is 11.3 Å². The van der Waals surface area contributed by atoms with Crippen LogP contribution in [-0.4, -0.2) is 19.4 Å². The molecular formula is C21H22N2O4S2. The average molecular weight is 431 g/mol. The number of carbonyl (C=O) groups excluding carboxylic acids is 1. The number of carbonyl (C=O) groups is 1. The number of aliphatic hydroxyl groups excluding tert-OH is 1. The van der Waals surface area contributed by atoms with E-state index in [2.05, 4.69) is 10.0 Å². The third kappa shape index (κ3) is 5.30. The Morgan fingerprint density at radius 1 is 1.10 bits per heavy atom. The molecule has 1 amide bonds. The second kappa shape index (κ2) is 8.87. The van der Waals surface area contributed by atoms with Gasteiger partial charge in [0.1, 0.15) is 6.10 Å². The fraction of sp³-hybridized carbons (Fsp3) is 0.190. The van der Waals surface area contributed by atoms with Crippen molar-refractivity contribution in [1.29, 1.82) is 0 Å². The Labute approximate surface area is 174 Å². The zero-order chi connectivity index (χ0) is 21.0. The molecule has 1 aromatic heterocycles. The number of amides is 1. The van der Waals surface area contributed by atoms with E-state index in [1.807, 2.05) is 30.3 Å². The number of hydrogen-bond acceptors (Lipinski definition) is 5. The molecule has 0 aliphatic carbocycles. The van der Waals surface area contributed by atoms with E-state index >= 15 is 0 Å². The topological polar surface area (TPSA) is 95.5 Å². The number of rotatable bonds is 7. The summed E-state index contributed by atoms with van der Waals surface area (Å²) in [5, 5.41) is 13.1. The molecule has 0 spiro atoms. The summed E-state index contributed by atoms with van der Waals surface area (Å²) >= 11 is 1.36. The van der Waals surface area contributed by atoms with Gasteiger partial charge < -0.3 is 10.4 Å². The molecule has 152 valence electrons. The Bertz CT molecular complexity index is 1110. The first-order chi connectivity index (χ1) is 13.8. The molecule has 0 saturated carbocycles. The minimum atomic E-state index is -3.72. The van der Waals surface area contributed by atoms with Crippen molar-refractivity contribution in [2.75, 3.05) is 5.32 Å². The summed E-state index contributed by atoms with van der Waals surface area (Å²) in [4.78, 5) is 12.9. The first kappa shape index (κ1) is 21.2. The second-order valence-corrected chi connectivity index (χ2v) is 9.54. The zero-order valence-corrected chi connectivity index (χ0v) is 17.7. The zero-order valence-electron chi connectivity index (χ0n) is 16.0. The Morgan fingerprint density at radius 2 is 1.83 bits per heavy atom. The van der Waals surface area contributed by atoms with Gasteiger partial charge in [0.2, 0.25) is 15.9 Å². The van der Waals surface area contributed by atoms with E-state index < -0.39 is 16.1 Å². The number of sulfonamides is 1. The third-order valence-corrected chi connectivity index (χ3v) is 6.99. The van der Waals surface area contributed by atoms with E-state index in [1.54, 1.807) is 31.2 Å². The van der Waals surface area contributed by atoms with Gasteiger partial charge in [0.05, 0.1) is 4.90 Å². The molecule has 2 aromatic carbocycles. The Hall–Kier alpha value is -2.52. The summed E-state index contributed by atoms with van der Waals surface area (Å²) in [5.41, 5.74) is 1.87. The largest absolute Gasteiger partial charge is 0.383 e. The van der Waals surface area contributed by atoms with Gasteiger partial charge in [-0.25, -0.2) is 13.1 Å². The molecule has 0 bridgehead atoms. The van der Waals surface area contributed by atoms with E-state index in [0.717, 1.165) is 15.3 Å². The van der Waals surface area contributed by atoms with Crippen LogP contribution in [0.3, 0.4) is 0 Å². The lowest BCUT2D eigenvalue weighted by Gasteiger charge is -2.11. The van der Waals surface area contributed by atoms with Crippen molar-refractivity contribution in [3.8, 4) is 0 Å². The van der Waals surface area contributed by atoms with Gasteiger partial charge in [-0.1, -0.05) is 30.3 Å². The van der Waals surface area contributed by atoms with Gasteiger partial charge in [0.15, 0.2) is 0 Å². The molecule has 0 aliphatic rings. The van der Waals surface area contributed by atoms with Gasteiger partial charge in [-0.15, -0.1) is 11.3 Å². The standard InChI is InChI=1S/C21H22N2O4S2/c1-14-12-17(23-15(2)24)8-11-20(14)29(26,27)22-13-18-9-10-19(28-18)21(25)16-6-4-3-5-7-16/h3-12,21-22,25H,13H2,1-2H3,(H,23,24). The second-order valence-electron chi connectivity index (χ2n) is 6.60. The van der Waals surface area contributed by atoms with Crippen LogP contribution in [-0.2, 0) is 21.4 Å². The lowest BCUT2D eigenvalue weighted by atomic mass is 10.1. The Morgan fingerprint density at radius 3 is 2.48 bits per heavy atom. The Kier molecular flexibility index (Phi) is 6.49. The highest BCUT2D eigenvalue weighted by atomic mass is 32.2. The predicted molar refractivity (Wildman–Crippen MR) is 114 cm³/mol. The SMILES string of the molecule is CC(=O)Nc1ccc(S(=O)(=O)NCc2ccc(C(O)c3ccccc3)s2)c(C)c1. The van der Waals surface area contributed by atoms with Gasteiger partial charge in [-0.2, -0.15) is 0 Å². The summed E-state index contributed by atoms with van der Waals surface area (Å²) in [5.74, 6) is -0.218. The lowest BCUT2D eigenvalue weighted by molar-refractivity contribution is -0.114. The normalized spacial score (nSPS) is 12.5. The van der Waals surface area contributed by atoms with Crippen LogP contribution in [0.25, 0.3) is 0 Å². The van der Waals surface area contributed by atoms with Crippen LogP contribution in [0.15, 0.2) is 65.6 Å².